The van der Waals surface area contributed by atoms with Crippen LogP contribution in [-0.2, 0) is 12.7 Å². The summed E-state index contributed by atoms with van der Waals surface area (Å²) in [5.41, 5.74) is 0.552. The SMILES string of the molecule is N#Cc1cccc(CNC(=O)c2ccc(C(F)(F)F)cc2)c1. The van der Waals surface area contributed by atoms with Gasteiger partial charge in [-0.05, 0) is 42.0 Å². The largest absolute Gasteiger partial charge is 0.416 e. The lowest BCUT2D eigenvalue weighted by atomic mass is 10.1. The Morgan fingerprint density at radius 2 is 1.82 bits per heavy atom. The van der Waals surface area contributed by atoms with Gasteiger partial charge >= 0.3 is 6.18 Å². The van der Waals surface area contributed by atoms with Crippen molar-refractivity contribution >= 4 is 5.91 Å². The molecular formula is C16H11F3N2O. The molecular weight excluding hydrogens is 293 g/mol. The molecule has 0 radical (unpaired) electrons. The van der Waals surface area contributed by atoms with Crippen LogP contribution in [-0.4, -0.2) is 5.91 Å². The molecule has 0 atom stereocenters. The van der Waals surface area contributed by atoms with Gasteiger partial charge in [-0.3, -0.25) is 4.79 Å². The van der Waals surface area contributed by atoms with E-state index in [1.165, 1.54) is 0 Å². The van der Waals surface area contributed by atoms with Crippen molar-refractivity contribution in [3.63, 3.8) is 0 Å². The van der Waals surface area contributed by atoms with Gasteiger partial charge in [-0.2, -0.15) is 18.4 Å². The molecule has 112 valence electrons. The van der Waals surface area contributed by atoms with Crippen LogP contribution in [0.5, 0.6) is 0 Å². The second kappa shape index (κ2) is 6.31. The number of amides is 1. The minimum absolute atomic E-state index is 0.143. The molecule has 0 aliphatic carbocycles. The van der Waals surface area contributed by atoms with E-state index in [0.29, 0.717) is 5.56 Å². The molecule has 0 aliphatic rings. The average Bonchev–Trinajstić information content (AvgIpc) is 2.52. The highest BCUT2D eigenvalue weighted by Crippen LogP contribution is 2.29. The molecule has 6 heteroatoms. The minimum Gasteiger partial charge on any atom is -0.348 e. The fraction of sp³-hybridized carbons (Fsp3) is 0.125. The number of carbonyl (C=O) groups excluding carboxylic acids is 1. The van der Waals surface area contributed by atoms with Gasteiger partial charge in [0, 0.05) is 12.1 Å². The van der Waals surface area contributed by atoms with Gasteiger partial charge in [-0.25, -0.2) is 0 Å². The average molecular weight is 304 g/mol. The first-order chi connectivity index (χ1) is 10.4. The van der Waals surface area contributed by atoms with E-state index < -0.39 is 17.6 Å². The maximum absolute atomic E-state index is 12.4. The predicted octanol–water partition coefficient (Wildman–Crippen LogP) is 3.51. The quantitative estimate of drug-likeness (QED) is 0.943. The Kier molecular flexibility index (Phi) is 4.47. The van der Waals surface area contributed by atoms with Crippen molar-refractivity contribution in [2.24, 2.45) is 0 Å². The highest BCUT2D eigenvalue weighted by molar-refractivity contribution is 5.94. The number of carbonyl (C=O) groups is 1. The molecule has 2 aromatic carbocycles. The summed E-state index contributed by atoms with van der Waals surface area (Å²) in [4.78, 5) is 11.9. The van der Waals surface area contributed by atoms with Crippen molar-refractivity contribution in [1.29, 1.82) is 5.26 Å². The lowest BCUT2D eigenvalue weighted by Crippen LogP contribution is -2.22. The minimum atomic E-state index is -4.42. The van der Waals surface area contributed by atoms with Crippen molar-refractivity contribution in [2.75, 3.05) is 0 Å². The molecule has 0 saturated carbocycles. The monoisotopic (exact) mass is 304 g/mol. The van der Waals surface area contributed by atoms with Gasteiger partial charge in [0.25, 0.3) is 5.91 Å². The molecule has 0 aliphatic heterocycles. The van der Waals surface area contributed by atoms with Crippen LogP contribution < -0.4 is 5.32 Å². The summed E-state index contributed by atoms with van der Waals surface area (Å²) in [7, 11) is 0. The van der Waals surface area contributed by atoms with Crippen LogP contribution >= 0.6 is 0 Å². The summed E-state index contributed by atoms with van der Waals surface area (Å²) in [6.45, 7) is 0.190. The Bertz CT molecular complexity index is 715. The van der Waals surface area contributed by atoms with Gasteiger partial charge < -0.3 is 5.32 Å². The van der Waals surface area contributed by atoms with E-state index in [2.05, 4.69) is 5.32 Å². The molecule has 0 saturated heterocycles. The zero-order chi connectivity index (χ0) is 16.2. The third-order valence-corrected chi connectivity index (χ3v) is 2.98. The van der Waals surface area contributed by atoms with E-state index in [4.69, 9.17) is 5.26 Å². The van der Waals surface area contributed by atoms with Crippen LogP contribution in [0.4, 0.5) is 13.2 Å². The fourth-order valence-electron chi connectivity index (χ4n) is 1.85. The molecule has 22 heavy (non-hydrogen) atoms. The van der Waals surface area contributed by atoms with E-state index in [0.717, 1.165) is 29.8 Å². The summed E-state index contributed by atoms with van der Waals surface area (Å²) >= 11 is 0. The van der Waals surface area contributed by atoms with Crippen molar-refractivity contribution in [3.05, 3.63) is 70.8 Å². The molecule has 0 bridgehead atoms. The van der Waals surface area contributed by atoms with Gasteiger partial charge in [0.05, 0.1) is 17.2 Å². The summed E-state index contributed by atoms with van der Waals surface area (Å²) in [5, 5.41) is 11.4. The molecule has 1 N–H and O–H groups in total. The van der Waals surface area contributed by atoms with Crippen LogP contribution in [0.3, 0.4) is 0 Å². The summed E-state index contributed by atoms with van der Waals surface area (Å²) < 4.78 is 37.3. The summed E-state index contributed by atoms with van der Waals surface area (Å²) in [5.74, 6) is -0.476. The molecule has 0 heterocycles. The molecule has 2 aromatic rings. The molecule has 0 fully saturated rings. The first kappa shape index (κ1) is 15.6. The number of alkyl halides is 3. The van der Waals surface area contributed by atoms with E-state index in [1.54, 1.807) is 24.3 Å². The molecule has 0 spiro atoms. The number of benzene rings is 2. The molecule has 1 amide bonds. The zero-order valence-corrected chi connectivity index (χ0v) is 11.3. The predicted molar refractivity (Wildman–Crippen MR) is 73.8 cm³/mol. The van der Waals surface area contributed by atoms with Crippen LogP contribution in [0, 0.1) is 11.3 Å². The van der Waals surface area contributed by atoms with Gasteiger partial charge in [0.2, 0.25) is 0 Å². The maximum Gasteiger partial charge on any atom is 0.416 e. The summed E-state index contributed by atoms with van der Waals surface area (Å²) in [6, 6.07) is 12.7. The maximum atomic E-state index is 12.4. The van der Waals surface area contributed by atoms with Gasteiger partial charge in [-0.15, -0.1) is 0 Å². The third kappa shape index (κ3) is 3.85. The number of rotatable bonds is 3. The Balaban J connectivity index is 2.02. The van der Waals surface area contributed by atoms with E-state index in [9.17, 15) is 18.0 Å². The standard InChI is InChI=1S/C16H11F3N2O/c17-16(18,19)14-6-4-13(5-7-14)15(22)21-10-12-3-1-2-11(8-12)9-20/h1-8H,10H2,(H,21,22). The topological polar surface area (TPSA) is 52.9 Å². The fourth-order valence-corrected chi connectivity index (χ4v) is 1.85. The van der Waals surface area contributed by atoms with Crippen molar-refractivity contribution in [2.45, 2.75) is 12.7 Å². The highest BCUT2D eigenvalue weighted by atomic mass is 19.4. The number of hydrogen-bond acceptors (Lipinski definition) is 2. The highest BCUT2D eigenvalue weighted by Gasteiger charge is 2.30. The smallest absolute Gasteiger partial charge is 0.348 e. The normalized spacial score (nSPS) is 10.8. The van der Waals surface area contributed by atoms with Crippen molar-refractivity contribution in [3.8, 4) is 6.07 Å². The second-order valence-electron chi connectivity index (χ2n) is 4.57. The lowest BCUT2D eigenvalue weighted by Gasteiger charge is -2.08. The van der Waals surface area contributed by atoms with Crippen LogP contribution in [0.1, 0.15) is 27.0 Å². The summed E-state index contributed by atoms with van der Waals surface area (Å²) in [6.07, 6.45) is -4.42. The molecule has 0 unspecified atom stereocenters. The first-order valence-corrected chi connectivity index (χ1v) is 6.34. The third-order valence-electron chi connectivity index (χ3n) is 2.98. The number of nitriles is 1. The van der Waals surface area contributed by atoms with E-state index in [1.807, 2.05) is 6.07 Å². The number of hydrogen-bond donors (Lipinski definition) is 1. The zero-order valence-electron chi connectivity index (χ0n) is 11.3. The first-order valence-electron chi connectivity index (χ1n) is 6.34. The molecule has 2 rings (SSSR count). The van der Waals surface area contributed by atoms with Crippen LogP contribution in [0.2, 0.25) is 0 Å². The van der Waals surface area contributed by atoms with Gasteiger partial charge in [-0.1, -0.05) is 12.1 Å². The number of nitrogens with one attached hydrogen (secondary N) is 1. The Hall–Kier alpha value is -2.81. The Labute approximate surface area is 125 Å². The number of halogens is 3. The van der Waals surface area contributed by atoms with E-state index >= 15 is 0 Å². The van der Waals surface area contributed by atoms with Gasteiger partial charge in [0.1, 0.15) is 0 Å². The molecule has 3 nitrogen and oxygen atoms in total. The Morgan fingerprint density at radius 3 is 2.41 bits per heavy atom. The van der Waals surface area contributed by atoms with Crippen molar-refractivity contribution in [1.82, 2.24) is 5.32 Å². The Morgan fingerprint density at radius 1 is 1.14 bits per heavy atom. The van der Waals surface area contributed by atoms with Crippen LogP contribution in [0.15, 0.2) is 48.5 Å². The lowest BCUT2D eigenvalue weighted by molar-refractivity contribution is -0.137. The molecule has 0 aromatic heterocycles. The second-order valence-corrected chi connectivity index (χ2v) is 4.57. The number of nitrogens with zero attached hydrogens (tertiary/aromatic N) is 1. The van der Waals surface area contributed by atoms with Crippen LogP contribution in [0.25, 0.3) is 0 Å². The van der Waals surface area contributed by atoms with E-state index in [-0.39, 0.29) is 12.1 Å². The van der Waals surface area contributed by atoms with Gasteiger partial charge in [0.15, 0.2) is 0 Å². The van der Waals surface area contributed by atoms with Crippen molar-refractivity contribution < 1.29 is 18.0 Å².